The van der Waals surface area contributed by atoms with Crippen LogP contribution in [0.15, 0.2) is 41.6 Å². The summed E-state index contributed by atoms with van der Waals surface area (Å²) in [6.45, 7) is 7.84. The Hall–Kier alpha value is -2.83. The first kappa shape index (κ1) is 25.3. The van der Waals surface area contributed by atoms with Crippen molar-refractivity contribution in [3.63, 3.8) is 0 Å². The van der Waals surface area contributed by atoms with Crippen LogP contribution in [0.4, 0.5) is 13.2 Å². The van der Waals surface area contributed by atoms with Gasteiger partial charge in [-0.05, 0) is 78.7 Å². The highest BCUT2D eigenvalue weighted by molar-refractivity contribution is 6.14. The van der Waals surface area contributed by atoms with E-state index in [-0.39, 0.29) is 23.1 Å². The number of carbonyl (C=O) groups is 1. The lowest BCUT2D eigenvalue weighted by Gasteiger charge is -2.53. The molecule has 1 fully saturated rings. The van der Waals surface area contributed by atoms with Gasteiger partial charge < -0.3 is 10.3 Å². The standard InChI is InChI=1S/C28H32F3NO3/c1-16(2)19-14-17-10-11-23-26(3,12-7-13-27(23,4)25(33)34)22(17)15-20(19)24(32-35)18-8-5-6-9-21(18)28(29,30)31/h5-6,8-9,14-16,23,35H,7,10-13H2,1-4H3,(H,33,34)/t23-,26-,27-/m1/s1. The first-order valence-electron chi connectivity index (χ1n) is 12.1. The van der Waals surface area contributed by atoms with E-state index in [0.29, 0.717) is 18.4 Å². The third-order valence-corrected chi connectivity index (χ3v) is 8.48. The Kier molecular flexibility index (Phi) is 6.27. The van der Waals surface area contributed by atoms with Gasteiger partial charge in [0.25, 0.3) is 0 Å². The number of benzene rings is 2. The number of nitrogens with zero attached hydrogens (tertiary/aromatic N) is 1. The zero-order valence-electron chi connectivity index (χ0n) is 20.5. The fourth-order valence-electron chi connectivity index (χ4n) is 6.66. The van der Waals surface area contributed by atoms with E-state index in [9.17, 15) is 28.3 Å². The monoisotopic (exact) mass is 487 g/mol. The lowest BCUT2D eigenvalue weighted by Crippen LogP contribution is -2.52. The summed E-state index contributed by atoms with van der Waals surface area (Å²) in [7, 11) is 0. The second kappa shape index (κ2) is 8.68. The number of oxime groups is 1. The van der Waals surface area contributed by atoms with E-state index in [0.717, 1.165) is 42.0 Å². The number of rotatable bonds is 4. The highest BCUT2D eigenvalue weighted by atomic mass is 19.4. The molecule has 2 N–H and O–H groups in total. The molecule has 4 nitrogen and oxygen atoms in total. The minimum atomic E-state index is -4.61. The van der Waals surface area contributed by atoms with Gasteiger partial charge in [-0.15, -0.1) is 0 Å². The van der Waals surface area contributed by atoms with Crippen LogP contribution in [0, 0.1) is 11.3 Å². The van der Waals surface area contributed by atoms with E-state index in [1.165, 1.54) is 18.2 Å². The molecule has 2 aromatic rings. The van der Waals surface area contributed by atoms with Crippen LogP contribution in [0.2, 0.25) is 0 Å². The van der Waals surface area contributed by atoms with Gasteiger partial charge in [0, 0.05) is 11.1 Å². The zero-order chi connectivity index (χ0) is 25.8. The van der Waals surface area contributed by atoms with Crippen molar-refractivity contribution >= 4 is 11.7 Å². The molecule has 35 heavy (non-hydrogen) atoms. The highest BCUT2D eigenvalue weighted by Gasteiger charge is 2.55. The number of carboxylic acids is 1. The van der Waals surface area contributed by atoms with Crippen LogP contribution in [0.5, 0.6) is 0 Å². The van der Waals surface area contributed by atoms with Gasteiger partial charge in [-0.25, -0.2) is 0 Å². The average molecular weight is 488 g/mol. The summed E-state index contributed by atoms with van der Waals surface area (Å²) in [5.74, 6) is -0.914. The first-order chi connectivity index (χ1) is 16.3. The maximum Gasteiger partial charge on any atom is 0.417 e. The van der Waals surface area contributed by atoms with E-state index in [2.05, 4.69) is 12.1 Å². The van der Waals surface area contributed by atoms with Gasteiger partial charge in [0.2, 0.25) is 0 Å². The van der Waals surface area contributed by atoms with Gasteiger partial charge in [-0.3, -0.25) is 4.79 Å². The van der Waals surface area contributed by atoms with Crippen molar-refractivity contribution in [2.45, 2.75) is 77.3 Å². The number of hydrogen-bond acceptors (Lipinski definition) is 3. The molecule has 0 saturated heterocycles. The van der Waals surface area contributed by atoms with Crippen LogP contribution in [-0.2, 0) is 22.8 Å². The van der Waals surface area contributed by atoms with E-state index in [1.54, 1.807) is 0 Å². The molecular weight excluding hydrogens is 455 g/mol. The first-order valence-corrected chi connectivity index (χ1v) is 12.1. The van der Waals surface area contributed by atoms with E-state index < -0.39 is 28.5 Å². The van der Waals surface area contributed by atoms with Crippen LogP contribution in [-0.4, -0.2) is 22.0 Å². The van der Waals surface area contributed by atoms with Gasteiger partial charge in [-0.2, -0.15) is 13.2 Å². The lowest BCUT2D eigenvalue weighted by atomic mass is 9.49. The third kappa shape index (κ3) is 4.03. The predicted octanol–water partition coefficient (Wildman–Crippen LogP) is 7.15. The Morgan fingerprint density at radius 3 is 2.40 bits per heavy atom. The largest absolute Gasteiger partial charge is 0.481 e. The summed E-state index contributed by atoms with van der Waals surface area (Å²) in [6.07, 6.45) is -0.975. The number of fused-ring (bicyclic) bond motifs is 3. The summed E-state index contributed by atoms with van der Waals surface area (Å²) >= 11 is 0. The Morgan fingerprint density at radius 1 is 1.11 bits per heavy atom. The van der Waals surface area contributed by atoms with Crippen molar-refractivity contribution in [3.05, 3.63) is 69.8 Å². The third-order valence-electron chi connectivity index (χ3n) is 8.48. The smallest absolute Gasteiger partial charge is 0.417 e. The number of aryl methyl sites for hydroxylation is 1. The summed E-state index contributed by atoms with van der Waals surface area (Å²) in [5.41, 5.74) is 0.882. The van der Waals surface area contributed by atoms with Gasteiger partial charge >= 0.3 is 12.1 Å². The van der Waals surface area contributed by atoms with Crippen LogP contribution < -0.4 is 0 Å². The fourth-order valence-corrected chi connectivity index (χ4v) is 6.66. The molecule has 2 aliphatic carbocycles. The summed E-state index contributed by atoms with van der Waals surface area (Å²) in [4.78, 5) is 12.3. The highest BCUT2D eigenvalue weighted by Crippen LogP contribution is 2.57. The Labute approximate surface area is 203 Å². The van der Waals surface area contributed by atoms with Crippen molar-refractivity contribution in [2.24, 2.45) is 16.5 Å². The minimum absolute atomic E-state index is 0.0220. The Morgan fingerprint density at radius 2 is 1.80 bits per heavy atom. The molecule has 2 aliphatic rings. The van der Waals surface area contributed by atoms with Gasteiger partial charge in [0.15, 0.2) is 0 Å². The number of halogens is 3. The summed E-state index contributed by atoms with van der Waals surface area (Å²) in [6, 6.07) is 9.05. The van der Waals surface area contributed by atoms with Crippen molar-refractivity contribution in [1.82, 2.24) is 0 Å². The quantitative estimate of drug-likeness (QED) is 0.273. The van der Waals surface area contributed by atoms with Crippen LogP contribution in [0.25, 0.3) is 0 Å². The Balaban J connectivity index is 1.95. The lowest BCUT2D eigenvalue weighted by molar-refractivity contribution is -0.157. The van der Waals surface area contributed by atoms with Crippen molar-refractivity contribution in [2.75, 3.05) is 0 Å². The van der Waals surface area contributed by atoms with Crippen LogP contribution >= 0.6 is 0 Å². The van der Waals surface area contributed by atoms with Crippen LogP contribution in [0.1, 0.15) is 92.7 Å². The molecular formula is C28H32F3NO3. The number of alkyl halides is 3. The van der Waals surface area contributed by atoms with Crippen LogP contribution in [0.3, 0.4) is 0 Å². The number of carboxylic acid groups (broad SMARTS) is 1. The van der Waals surface area contributed by atoms with Crippen molar-refractivity contribution < 1.29 is 28.3 Å². The molecule has 0 unspecified atom stereocenters. The molecule has 0 radical (unpaired) electrons. The fraction of sp³-hybridized carbons (Fsp3) is 0.500. The molecule has 0 amide bonds. The molecule has 0 bridgehead atoms. The second-order valence-electron chi connectivity index (χ2n) is 10.8. The topological polar surface area (TPSA) is 69.9 Å². The molecule has 7 heteroatoms. The van der Waals surface area contributed by atoms with E-state index >= 15 is 0 Å². The molecule has 0 aromatic heterocycles. The molecule has 1 saturated carbocycles. The molecule has 4 rings (SSSR count). The molecule has 0 heterocycles. The molecule has 2 aromatic carbocycles. The van der Waals surface area contributed by atoms with E-state index in [1.807, 2.05) is 32.9 Å². The normalized spacial score (nSPS) is 26.9. The van der Waals surface area contributed by atoms with Crippen molar-refractivity contribution in [3.8, 4) is 0 Å². The zero-order valence-corrected chi connectivity index (χ0v) is 20.5. The average Bonchev–Trinajstić information content (AvgIpc) is 2.78. The molecule has 188 valence electrons. The number of aliphatic carboxylic acids is 1. The number of hydrogen-bond donors (Lipinski definition) is 2. The maximum atomic E-state index is 13.8. The SMILES string of the molecule is CC(C)c1cc2c(cc1C(=NO)c1ccccc1C(F)(F)F)[C@@]1(C)CCC[C@@](C)(C(=O)O)[C@@H]1CC2. The minimum Gasteiger partial charge on any atom is -0.481 e. The Bertz CT molecular complexity index is 1190. The molecule has 3 atom stereocenters. The van der Waals surface area contributed by atoms with Gasteiger partial charge in [-0.1, -0.05) is 56.6 Å². The van der Waals surface area contributed by atoms with Gasteiger partial charge in [0.05, 0.1) is 11.0 Å². The van der Waals surface area contributed by atoms with E-state index in [4.69, 9.17) is 0 Å². The maximum absolute atomic E-state index is 13.8. The summed E-state index contributed by atoms with van der Waals surface area (Å²) < 4.78 is 41.5. The van der Waals surface area contributed by atoms with Crippen molar-refractivity contribution in [1.29, 1.82) is 0 Å². The second-order valence-corrected chi connectivity index (χ2v) is 10.8. The summed E-state index contributed by atoms with van der Waals surface area (Å²) in [5, 5.41) is 23.5. The molecule has 0 aliphatic heterocycles. The predicted molar refractivity (Wildman–Crippen MR) is 128 cm³/mol. The molecule has 0 spiro atoms. The van der Waals surface area contributed by atoms with Gasteiger partial charge in [0.1, 0.15) is 5.71 Å².